The van der Waals surface area contributed by atoms with Gasteiger partial charge in [-0.25, -0.2) is 4.98 Å². The van der Waals surface area contributed by atoms with E-state index in [-0.39, 0.29) is 17.9 Å². The second kappa shape index (κ2) is 5.13. The lowest BCUT2D eigenvalue weighted by Gasteiger charge is -2.37. The lowest BCUT2D eigenvalue weighted by atomic mass is 9.92. The molecule has 6 heteroatoms. The van der Waals surface area contributed by atoms with Gasteiger partial charge < -0.3 is 4.90 Å². The maximum absolute atomic E-state index is 13.2. The molecule has 2 aliphatic heterocycles. The van der Waals surface area contributed by atoms with Gasteiger partial charge in [0.15, 0.2) is 0 Å². The Kier molecular flexibility index (Phi) is 3.46. The van der Waals surface area contributed by atoms with Gasteiger partial charge in [-0.3, -0.25) is 9.59 Å². The van der Waals surface area contributed by atoms with Crippen LogP contribution in [0.4, 0.5) is 4.39 Å². The van der Waals surface area contributed by atoms with E-state index in [1.54, 1.807) is 4.90 Å². The average molecular weight is 297 g/mol. The zero-order valence-electron chi connectivity index (χ0n) is 10.8. The van der Waals surface area contributed by atoms with Crippen molar-refractivity contribution in [1.82, 2.24) is 9.88 Å². The number of amides is 1. The number of fused-ring (bicyclic) bond motifs is 2. The highest BCUT2D eigenvalue weighted by Gasteiger charge is 2.37. The third-order valence-corrected chi connectivity index (χ3v) is 4.48. The monoisotopic (exact) mass is 296 g/mol. The molecule has 0 radical (unpaired) electrons. The number of rotatable bonds is 1. The molecule has 2 aliphatic rings. The first-order valence-electron chi connectivity index (χ1n) is 6.72. The zero-order chi connectivity index (χ0) is 14.3. The highest BCUT2D eigenvalue weighted by Crippen LogP contribution is 2.31. The summed E-state index contributed by atoms with van der Waals surface area (Å²) in [6.45, 7) is 0.350. The minimum atomic E-state index is -0.565. The minimum Gasteiger partial charge on any atom is -0.335 e. The fourth-order valence-corrected chi connectivity index (χ4v) is 3.26. The topological polar surface area (TPSA) is 50.3 Å². The fourth-order valence-electron chi connectivity index (χ4n) is 3.08. The van der Waals surface area contributed by atoms with Gasteiger partial charge in [-0.05, 0) is 49.4 Å². The summed E-state index contributed by atoms with van der Waals surface area (Å²) in [6.07, 6.45) is 2.79. The predicted molar refractivity (Wildman–Crippen MR) is 70.9 cm³/mol. The number of carbonyl (C=O) groups is 2. The number of hydrogen-bond donors (Lipinski definition) is 0. The Morgan fingerprint density at radius 3 is 2.90 bits per heavy atom. The molecule has 4 nitrogen and oxygen atoms in total. The van der Waals surface area contributed by atoms with Crippen LogP contribution in [0.3, 0.4) is 0 Å². The average Bonchev–Trinajstić information content (AvgIpc) is 2.56. The Morgan fingerprint density at radius 2 is 2.15 bits per heavy atom. The van der Waals surface area contributed by atoms with Crippen molar-refractivity contribution in [3.8, 4) is 0 Å². The molecule has 0 aliphatic carbocycles. The van der Waals surface area contributed by atoms with Crippen molar-refractivity contribution in [1.29, 1.82) is 0 Å². The number of halogens is 2. The highest BCUT2D eigenvalue weighted by molar-refractivity contribution is 6.64. The van der Waals surface area contributed by atoms with Crippen LogP contribution in [0.25, 0.3) is 0 Å². The molecule has 2 atom stereocenters. The normalized spacial score (nSPS) is 25.7. The number of aryl methyl sites for hydroxylation is 1. The molecule has 0 bridgehead atoms. The minimum absolute atomic E-state index is 0.0898. The van der Waals surface area contributed by atoms with E-state index in [1.807, 2.05) is 0 Å². The zero-order valence-corrected chi connectivity index (χ0v) is 11.6. The standard InChI is InChI=1S/C14H14ClFN2O2/c15-13(19)8-1-2-9-3-5-11-10(4-6-12(16)17-11)14(20)18(9)7-8/h4,6,8-9H,1-3,5,7H2/t8-,9+/m0/s1. The third-order valence-electron chi connectivity index (χ3n) is 4.17. The Labute approximate surface area is 120 Å². The van der Waals surface area contributed by atoms with Gasteiger partial charge in [0.25, 0.3) is 5.91 Å². The van der Waals surface area contributed by atoms with Gasteiger partial charge in [-0.15, -0.1) is 0 Å². The number of nitrogens with zero attached hydrogens (tertiary/aromatic N) is 2. The van der Waals surface area contributed by atoms with Crippen LogP contribution in [-0.2, 0) is 11.2 Å². The first-order valence-corrected chi connectivity index (χ1v) is 7.10. The van der Waals surface area contributed by atoms with Gasteiger partial charge in [0, 0.05) is 12.6 Å². The molecule has 1 aromatic heterocycles. The van der Waals surface area contributed by atoms with E-state index in [9.17, 15) is 14.0 Å². The van der Waals surface area contributed by atoms with Gasteiger partial charge >= 0.3 is 0 Å². The van der Waals surface area contributed by atoms with E-state index in [0.717, 1.165) is 12.8 Å². The van der Waals surface area contributed by atoms with Crippen LogP contribution in [0.5, 0.6) is 0 Å². The fraction of sp³-hybridized carbons (Fsp3) is 0.500. The Hall–Kier alpha value is -1.49. The molecule has 1 amide bonds. The van der Waals surface area contributed by atoms with Gasteiger partial charge in [0.1, 0.15) is 0 Å². The third kappa shape index (κ3) is 2.30. The van der Waals surface area contributed by atoms with Crippen LogP contribution < -0.4 is 0 Å². The Bertz CT molecular complexity index is 578. The van der Waals surface area contributed by atoms with Gasteiger partial charge in [0.2, 0.25) is 11.2 Å². The summed E-state index contributed by atoms with van der Waals surface area (Å²) in [6, 6.07) is 2.77. The molecule has 0 aromatic carbocycles. The summed E-state index contributed by atoms with van der Waals surface area (Å²) in [7, 11) is 0. The molecule has 0 N–H and O–H groups in total. The van der Waals surface area contributed by atoms with Crippen molar-refractivity contribution >= 4 is 22.8 Å². The number of carbonyl (C=O) groups excluding carboxylic acids is 2. The lowest BCUT2D eigenvalue weighted by Crippen LogP contribution is -2.47. The summed E-state index contributed by atoms with van der Waals surface area (Å²) in [5.41, 5.74) is 0.953. The van der Waals surface area contributed by atoms with Crippen molar-refractivity contribution in [3.63, 3.8) is 0 Å². The van der Waals surface area contributed by atoms with Crippen LogP contribution in [0, 0.1) is 11.9 Å². The van der Waals surface area contributed by atoms with E-state index < -0.39 is 11.2 Å². The van der Waals surface area contributed by atoms with Gasteiger partial charge in [0.05, 0.1) is 17.2 Å². The second-order valence-electron chi connectivity index (χ2n) is 5.36. The lowest BCUT2D eigenvalue weighted by molar-refractivity contribution is -0.116. The molecule has 1 saturated heterocycles. The maximum atomic E-state index is 13.2. The molecule has 1 fully saturated rings. The van der Waals surface area contributed by atoms with Crippen molar-refractivity contribution < 1.29 is 14.0 Å². The molecule has 0 saturated carbocycles. The van der Waals surface area contributed by atoms with Crippen molar-refractivity contribution in [2.75, 3.05) is 6.54 Å². The van der Waals surface area contributed by atoms with Crippen molar-refractivity contribution in [3.05, 3.63) is 29.3 Å². The van der Waals surface area contributed by atoms with Crippen LogP contribution in [0.2, 0.25) is 0 Å². The molecule has 1 aromatic rings. The second-order valence-corrected chi connectivity index (χ2v) is 5.73. The largest absolute Gasteiger partial charge is 0.335 e. The molecular formula is C14H14ClFN2O2. The SMILES string of the molecule is O=C(Cl)[C@H]1CC[C@@H]2CCc3nc(F)ccc3C(=O)N2C1. The predicted octanol–water partition coefficient (Wildman–Crippen LogP) is 2.15. The van der Waals surface area contributed by atoms with Crippen molar-refractivity contribution in [2.45, 2.75) is 31.7 Å². The first-order chi connectivity index (χ1) is 9.56. The number of pyridine rings is 1. The molecule has 3 heterocycles. The molecular weight excluding hydrogens is 283 g/mol. The van der Waals surface area contributed by atoms with E-state index in [0.29, 0.717) is 30.6 Å². The summed E-state index contributed by atoms with van der Waals surface area (Å²) in [4.78, 5) is 29.4. The number of aromatic nitrogens is 1. The first kappa shape index (κ1) is 13.5. The Balaban J connectivity index is 1.93. The summed E-state index contributed by atoms with van der Waals surface area (Å²) in [5, 5.41) is -0.391. The summed E-state index contributed by atoms with van der Waals surface area (Å²) < 4.78 is 13.2. The van der Waals surface area contributed by atoms with Crippen LogP contribution in [0.15, 0.2) is 12.1 Å². The van der Waals surface area contributed by atoms with E-state index in [4.69, 9.17) is 11.6 Å². The quantitative estimate of drug-likeness (QED) is 0.589. The van der Waals surface area contributed by atoms with Gasteiger partial charge in [-0.1, -0.05) is 0 Å². The highest BCUT2D eigenvalue weighted by atomic mass is 35.5. The molecule has 0 spiro atoms. The van der Waals surface area contributed by atoms with E-state index in [1.165, 1.54) is 12.1 Å². The maximum Gasteiger partial charge on any atom is 0.255 e. The van der Waals surface area contributed by atoms with E-state index in [2.05, 4.69) is 4.98 Å². The Morgan fingerprint density at radius 1 is 1.35 bits per heavy atom. The number of piperidine rings is 1. The number of hydrogen-bond acceptors (Lipinski definition) is 3. The summed E-state index contributed by atoms with van der Waals surface area (Å²) in [5.74, 6) is -1.03. The van der Waals surface area contributed by atoms with Crippen LogP contribution >= 0.6 is 11.6 Å². The molecule has 20 heavy (non-hydrogen) atoms. The summed E-state index contributed by atoms with van der Waals surface area (Å²) >= 11 is 5.56. The van der Waals surface area contributed by atoms with Gasteiger partial charge in [-0.2, -0.15) is 4.39 Å². The van der Waals surface area contributed by atoms with Crippen LogP contribution in [-0.4, -0.2) is 33.6 Å². The smallest absolute Gasteiger partial charge is 0.255 e. The molecule has 3 rings (SSSR count). The van der Waals surface area contributed by atoms with Crippen LogP contribution in [0.1, 0.15) is 35.3 Å². The molecule has 0 unspecified atom stereocenters. The molecule has 106 valence electrons. The van der Waals surface area contributed by atoms with E-state index >= 15 is 0 Å². The van der Waals surface area contributed by atoms with Crippen molar-refractivity contribution in [2.24, 2.45) is 5.92 Å².